The second kappa shape index (κ2) is 25.0. The van der Waals surface area contributed by atoms with Crippen LogP contribution in [-0.2, 0) is 61.8 Å². The van der Waals surface area contributed by atoms with Crippen LogP contribution in [0.4, 0.5) is 0 Å². The molecule has 502 valence electrons. The van der Waals surface area contributed by atoms with E-state index in [0.717, 1.165) is 11.9 Å². The van der Waals surface area contributed by atoms with Crippen LogP contribution < -0.4 is 0 Å². The number of hydrogen-bond acceptors (Lipinski definition) is 27. The van der Waals surface area contributed by atoms with E-state index >= 15 is 4.79 Å². The van der Waals surface area contributed by atoms with E-state index in [0.29, 0.717) is 57.8 Å². The van der Waals surface area contributed by atoms with Gasteiger partial charge < -0.3 is 129 Å². The number of carbonyl (C=O) groups excluding carboxylic acids is 2. The summed E-state index contributed by atoms with van der Waals surface area (Å²) in [5.74, 6) is -2.83. The fraction of sp³-hybridized carbons (Fsp3) is 0.917. The van der Waals surface area contributed by atoms with Crippen LogP contribution in [-0.4, -0.2) is 268 Å². The van der Waals surface area contributed by atoms with Gasteiger partial charge in [0.05, 0.1) is 42.4 Å². The highest BCUT2D eigenvalue weighted by molar-refractivity contribution is 5.79. The van der Waals surface area contributed by atoms with Crippen molar-refractivity contribution in [2.24, 2.45) is 50.2 Å². The van der Waals surface area contributed by atoms with E-state index in [9.17, 15) is 86.2 Å². The molecular weight excluding hydrogens is 1170 g/mol. The standard InChI is InChI=1S/C60H94O28/c1-23-45(85-51-38(70)34(66)32(64)27(20-61)81-51)36(68)40(72)49(79-23)84-44-24(2)80-50(41(73)37(44)69)88-54(78)60-17-15-55(3,4)19-26(60)25-9-10-30-56(5)13-12-31(57(6,22-63)29(56)11-14-59(30,8)58(25,7)16-18-60)83-53-43(75)46(42(74)47(87-53)48(76)77)86-52-39(71)35(67)33(65)28(21-62)82-52/h9,22-24,26-47,49-53,61-62,64-75H,10-21H2,1-8H3,(H,76,77)/t23-,24+,26+,27+,28-,29-,30-,31+,32-,33-,34-,35+,36-,37+,38+,39-,40+,41+,42+,43-,44-,45-,46+,47+,49-,50-,51-,52+,53-,56+,57-,58-,59-,60+/m1/s1. The summed E-state index contributed by atoms with van der Waals surface area (Å²) in [6.45, 7) is 14.4. The van der Waals surface area contributed by atoms with E-state index in [-0.39, 0.29) is 35.0 Å². The molecule has 10 rings (SSSR count). The molecule has 4 saturated carbocycles. The number of aliphatic hydroxyl groups excluding tert-OH is 14. The number of carboxylic acids is 1. The summed E-state index contributed by atoms with van der Waals surface area (Å²) < 4.78 is 58.8. The SMILES string of the molecule is C[C@@H]1O[C@H](OC(=O)[C@]23CCC(C)(C)C[C@H]2C2=CC[C@@H]4[C@@]5(C)CC[C@H](O[C@@H]6O[C@H](C(=O)O)[C@@H](O)[C@H](O[C@@H]7O[C@H](CO)[C@@H](O)[C@H](O)[C@H]7O)[C@H]6O)[C@](C)(C=O)[C@@H]5CC[C@@]4(C)[C@]2(C)CC3)[C@@H](O)[C@H](O)[C@@H]1O[C@H]1O[C@H](C)[C@@H](O[C@H]2O[C@@H](CO)[C@@H](O)[C@@H](O)[C@@H]2O)[C@H](O)[C@@H]1O. The molecule has 0 amide bonds. The molecule has 5 heterocycles. The molecule has 88 heavy (non-hydrogen) atoms. The van der Waals surface area contributed by atoms with Crippen molar-refractivity contribution in [1.82, 2.24) is 0 Å². The molecule has 15 N–H and O–H groups in total. The molecular formula is C60H94O28. The third-order valence-corrected chi connectivity index (χ3v) is 23.4. The van der Waals surface area contributed by atoms with Crippen molar-refractivity contribution in [3.8, 4) is 0 Å². The Morgan fingerprint density at radius 2 is 1.05 bits per heavy atom. The molecule has 0 radical (unpaired) electrons. The Balaban J connectivity index is 0.825. The lowest BCUT2D eigenvalue weighted by Gasteiger charge is -2.71. The first-order chi connectivity index (χ1) is 41.2. The first kappa shape index (κ1) is 68.3. The lowest BCUT2D eigenvalue weighted by molar-refractivity contribution is -0.373. The summed E-state index contributed by atoms with van der Waals surface area (Å²) in [7, 11) is 0. The van der Waals surface area contributed by atoms with Gasteiger partial charge in [0.25, 0.3) is 0 Å². The maximum atomic E-state index is 15.2. The van der Waals surface area contributed by atoms with Crippen LogP contribution in [0, 0.1) is 50.2 Å². The van der Waals surface area contributed by atoms with Gasteiger partial charge in [-0.05, 0) is 117 Å². The van der Waals surface area contributed by atoms with Crippen LogP contribution in [0.5, 0.6) is 0 Å². The maximum absolute atomic E-state index is 15.2. The Labute approximate surface area is 509 Å². The highest BCUT2D eigenvalue weighted by atomic mass is 16.8. The highest BCUT2D eigenvalue weighted by Gasteiger charge is 2.71. The van der Waals surface area contributed by atoms with E-state index in [1.165, 1.54) is 13.8 Å². The Bertz CT molecular complexity index is 2540. The average Bonchev–Trinajstić information content (AvgIpc) is 0.726. The first-order valence-corrected chi connectivity index (χ1v) is 31.1. The number of rotatable bonds is 14. The van der Waals surface area contributed by atoms with Gasteiger partial charge in [-0.15, -0.1) is 0 Å². The molecule has 28 nitrogen and oxygen atoms in total. The first-order valence-electron chi connectivity index (χ1n) is 31.1. The van der Waals surface area contributed by atoms with Crippen molar-refractivity contribution in [2.45, 2.75) is 279 Å². The summed E-state index contributed by atoms with van der Waals surface area (Å²) in [6.07, 6.45) is -34.8. The molecule has 0 aromatic rings. The molecule has 5 aliphatic carbocycles. The van der Waals surface area contributed by atoms with E-state index in [1.807, 2.05) is 0 Å². The second-order valence-corrected chi connectivity index (χ2v) is 28.7. The molecule has 10 aliphatic rings. The van der Waals surface area contributed by atoms with Gasteiger partial charge in [-0.1, -0.05) is 53.2 Å². The van der Waals surface area contributed by atoms with Gasteiger partial charge in [-0.2, -0.15) is 0 Å². The van der Waals surface area contributed by atoms with Crippen LogP contribution in [0.15, 0.2) is 11.6 Å². The summed E-state index contributed by atoms with van der Waals surface area (Å²) in [5, 5.41) is 161. The van der Waals surface area contributed by atoms with Gasteiger partial charge in [-0.3, -0.25) is 4.79 Å². The number of aliphatic carboxylic acids is 1. The predicted molar refractivity (Wildman–Crippen MR) is 294 cm³/mol. The second-order valence-electron chi connectivity index (χ2n) is 28.7. The van der Waals surface area contributed by atoms with E-state index in [2.05, 4.69) is 40.7 Å². The zero-order valence-corrected chi connectivity index (χ0v) is 50.9. The van der Waals surface area contributed by atoms with Crippen LogP contribution in [0.25, 0.3) is 0 Å². The number of carboxylic acid groups (broad SMARTS) is 1. The number of carbonyl (C=O) groups is 3. The van der Waals surface area contributed by atoms with Crippen molar-refractivity contribution in [3.05, 3.63) is 11.6 Å². The van der Waals surface area contributed by atoms with E-state index in [4.69, 9.17) is 47.4 Å². The summed E-state index contributed by atoms with van der Waals surface area (Å²) in [6, 6.07) is 0. The number of allylic oxidation sites excluding steroid dienone is 2. The molecule has 0 aromatic heterocycles. The maximum Gasteiger partial charge on any atom is 0.335 e. The number of ether oxygens (including phenoxy) is 10. The minimum absolute atomic E-state index is 0.00459. The largest absolute Gasteiger partial charge is 0.479 e. The van der Waals surface area contributed by atoms with Crippen molar-refractivity contribution < 1.29 is 138 Å². The molecule has 0 aromatic carbocycles. The van der Waals surface area contributed by atoms with Gasteiger partial charge in [0.2, 0.25) is 6.29 Å². The molecule has 0 unspecified atom stereocenters. The van der Waals surface area contributed by atoms with Gasteiger partial charge in [-0.25, -0.2) is 4.79 Å². The molecule has 9 fully saturated rings. The number of aldehydes is 1. The van der Waals surface area contributed by atoms with Crippen LogP contribution in [0.1, 0.15) is 120 Å². The Kier molecular flexibility index (Phi) is 19.4. The fourth-order valence-electron chi connectivity index (χ4n) is 17.8. The number of esters is 1. The zero-order valence-electron chi connectivity index (χ0n) is 50.9. The Hall–Kier alpha value is -2.57. The van der Waals surface area contributed by atoms with Gasteiger partial charge in [0.1, 0.15) is 110 Å². The number of hydrogen-bond donors (Lipinski definition) is 15. The predicted octanol–water partition coefficient (Wildman–Crippen LogP) is -2.88. The molecule has 5 saturated heterocycles. The summed E-state index contributed by atoms with van der Waals surface area (Å²) >= 11 is 0. The topological polar surface area (TPSA) is 447 Å². The molecule has 28 heteroatoms. The Morgan fingerprint density at radius 1 is 0.545 bits per heavy atom. The van der Waals surface area contributed by atoms with E-state index < -0.39 is 206 Å². The van der Waals surface area contributed by atoms with Crippen molar-refractivity contribution >= 4 is 18.2 Å². The third kappa shape index (κ3) is 11.2. The summed E-state index contributed by atoms with van der Waals surface area (Å²) in [4.78, 5) is 41.5. The van der Waals surface area contributed by atoms with Crippen LogP contribution in [0.3, 0.4) is 0 Å². The average molecular weight is 1260 g/mol. The number of fused-ring (bicyclic) bond motifs is 7. The van der Waals surface area contributed by atoms with Crippen molar-refractivity contribution in [3.63, 3.8) is 0 Å². The summed E-state index contributed by atoms with van der Waals surface area (Å²) in [5.41, 5.74) is -2.66. The van der Waals surface area contributed by atoms with Gasteiger partial charge >= 0.3 is 11.9 Å². The molecule has 0 spiro atoms. The Morgan fingerprint density at radius 3 is 1.59 bits per heavy atom. The quantitative estimate of drug-likeness (QED) is 0.0359. The lowest BCUT2D eigenvalue weighted by Crippen LogP contribution is -2.67. The fourth-order valence-corrected chi connectivity index (χ4v) is 17.8. The van der Waals surface area contributed by atoms with Crippen molar-refractivity contribution in [1.29, 1.82) is 0 Å². The lowest BCUT2D eigenvalue weighted by atomic mass is 9.33. The monoisotopic (exact) mass is 1260 g/mol. The molecule has 34 atom stereocenters. The molecule has 0 bridgehead atoms. The number of aliphatic hydroxyl groups is 14. The van der Waals surface area contributed by atoms with Crippen molar-refractivity contribution in [2.75, 3.05) is 13.2 Å². The van der Waals surface area contributed by atoms with Crippen LogP contribution >= 0.6 is 0 Å². The van der Waals surface area contributed by atoms with Gasteiger partial charge in [0, 0.05) is 0 Å². The van der Waals surface area contributed by atoms with E-state index in [1.54, 1.807) is 6.92 Å². The zero-order chi connectivity index (χ0) is 64.4. The highest BCUT2D eigenvalue weighted by Crippen LogP contribution is 2.76. The minimum Gasteiger partial charge on any atom is -0.479 e. The van der Waals surface area contributed by atoms with Crippen LogP contribution in [0.2, 0.25) is 0 Å². The smallest absolute Gasteiger partial charge is 0.335 e. The third-order valence-electron chi connectivity index (χ3n) is 23.4. The van der Waals surface area contributed by atoms with Gasteiger partial charge in [0.15, 0.2) is 31.3 Å². The minimum atomic E-state index is -2.07. The molecule has 5 aliphatic heterocycles. The normalized spacial score (nSPS) is 54.5.